The minimum absolute atomic E-state index is 0.00292. The molecule has 0 fully saturated rings. The fraction of sp³-hybridized carbons (Fsp3) is 0.189. The number of hydrogen-bond donors (Lipinski definition) is 0. The zero-order chi connectivity index (χ0) is 32.7. The molecule has 0 radical (unpaired) electrons. The molecule has 0 N–H and O–H groups in total. The van der Waals surface area contributed by atoms with Crippen LogP contribution in [0.2, 0.25) is 0 Å². The van der Waals surface area contributed by atoms with Gasteiger partial charge in [0.05, 0.1) is 6.61 Å². The number of nitrogens with zero attached hydrogens (tertiary/aromatic N) is 4. The fourth-order valence-corrected chi connectivity index (χ4v) is 7.00. The van der Waals surface area contributed by atoms with Gasteiger partial charge in [-0.2, -0.15) is 0 Å². The van der Waals surface area contributed by atoms with Crippen molar-refractivity contribution < 1.29 is 32.9 Å². The van der Waals surface area contributed by atoms with E-state index in [0.717, 1.165) is 50.9 Å². The summed E-state index contributed by atoms with van der Waals surface area (Å²) in [6.45, 7) is 4.94. The second kappa shape index (κ2) is 10.1. The van der Waals surface area contributed by atoms with E-state index in [1.165, 1.54) is 10.1 Å². The van der Waals surface area contributed by atoms with Gasteiger partial charge in [-0.15, -0.1) is 0 Å². The van der Waals surface area contributed by atoms with Gasteiger partial charge in [0, 0.05) is 6.20 Å². The van der Waals surface area contributed by atoms with Crippen LogP contribution in [-0.4, -0.2) is 25.3 Å². The van der Waals surface area contributed by atoms with Crippen LogP contribution in [-0.2, 0) is 31.7 Å². The number of hydrogen-bond acceptors (Lipinski definition) is 3. The molecule has 0 saturated carbocycles. The summed E-state index contributed by atoms with van der Waals surface area (Å²) in [6, 6.07) is 32.4. The van der Waals surface area contributed by atoms with Crippen molar-refractivity contribution in [2.45, 2.75) is 32.6 Å². The second-order valence-electron chi connectivity index (χ2n) is 11.9. The number of benzene rings is 4. The van der Waals surface area contributed by atoms with Gasteiger partial charge in [-0.1, -0.05) is 13.8 Å². The third-order valence-electron chi connectivity index (χ3n) is 8.51. The van der Waals surface area contributed by atoms with Gasteiger partial charge in [0.2, 0.25) is 0 Å². The van der Waals surface area contributed by atoms with Gasteiger partial charge in [-0.25, -0.2) is 0 Å². The molecule has 1 aliphatic rings. The molecule has 0 unspecified atom stereocenters. The van der Waals surface area contributed by atoms with E-state index >= 15 is 0 Å². The number of aromatic nitrogens is 4. The molecule has 6 nitrogen and oxygen atoms in total. The van der Waals surface area contributed by atoms with Crippen molar-refractivity contribution in [3.05, 3.63) is 112 Å². The summed E-state index contributed by atoms with van der Waals surface area (Å²) in [7, 11) is 0. The molecular formula is C37H30N4O2Pt-2. The Kier molecular flexibility index (Phi) is 5.49. The van der Waals surface area contributed by atoms with E-state index in [2.05, 4.69) is 81.1 Å². The van der Waals surface area contributed by atoms with Crippen LogP contribution in [0.3, 0.4) is 0 Å². The molecule has 4 heterocycles. The van der Waals surface area contributed by atoms with Crippen LogP contribution in [0.25, 0.3) is 44.3 Å². The summed E-state index contributed by atoms with van der Waals surface area (Å²) in [5, 5.41) is 2.15. The average molecular weight is 761 g/mol. The number of para-hydroxylation sites is 2. The molecule has 0 aliphatic carbocycles. The topological polar surface area (TPSA) is 46.1 Å². The Morgan fingerprint density at radius 1 is 0.909 bits per heavy atom. The SMILES string of the molecule is [2H]C([2H])([2H])n1[c](=[Pt])n(-c2[c-]c(Oc3[c-]c4c(cc3)c3cc5c(cc3n4-c3cc(C)ccn3)OCCC5(C)C)ccc2)c2ccccc21. The first kappa shape index (κ1) is 24.0. The predicted molar refractivity (Wildman–Crippen MR) is 170 cm³/mol. The van der Waals surface area contributed by atoms with Crippen LogP contribution < -0.4 is 9.47 Å². The molecule has 7 heteroatoms. The Balaban J connectivity index is 1.27. The molecule has 44 heavy (non-hydrogen) atoms. The summed E-state index contributed by atoms with van der Waals surface area (Å²) in [6.07, 6.45) is 2.78. The van der Waals surface area contributed by atoms with Crippen molar-refractivity contribution in [1.82, 2.24) is 18.7 Å². The minimum atomic E-state index is -2.34. The second-order valence-corrected chi connectivity index (χ2v) is 12.9. The van der Waals surface area contributed by atoms with E-state index < -0.39 is 6.98 Å². The summed E-state index contributed by atoms with van der Waals surface area (Å²) >= 11 is 2.06. The Hall–Kier alpha value is -4.41. The van der Waals surface area contributed by atoms with E-state index in [1.807, 2.05) is 65.4 Å². The molecule has 0 amide bonds. The standard InChI is InChI=1S/C37H30N4O2.Pt/c1-24-14-16-38-36(18-24)41-33-20-27(12-13-28(33)29-21-30-35(22-34(29)41)42-17-15-37(30,2)3)43-26-9-7-8-25(19-26)40-23-39(4)31-10-5-6-11-32(31)40;/h5-14,16,18,21-22H,15,17H2,1-4H3;/q-2;/i4D3;. The molecule has 7 aromatic rings. The Morgan fingerprint density at radius 2 is 1.75 bits per heavy atom. The van der Waals surface area contributed by atoms with Crippen LogP contribution in [0, 0.1) is 22.9 Å². The van der Waals surface area contributed by atoms with Crippen LogP contribution in [0.15, 0.2) is 85.1 Å². The molecular weight excluding hydrogens is 728 g/mol. The van der Waals surface area contributed by atoms with Crippen molar-refractivity contribution in [3.63, 3.8) is 0 Å². The quantitative estimate of drug-likeness (QED) is 0.170. The Morgan fingerprint density at radius 3 is 2.59 bits per heavy atom. The molecule has 4 aromatic carbocycles. The summed E-state index contributed by atoms with van der Waals surface area (Å²) in [4.78, 5) is 4.74. The molecule has 1 aliphatic heterocycles. The average Bonchev–Trinajstić information content (AvgIpc) is 3.50. The van der Waals surface area contributed by atoms with Gasteiger partial charge in [0.15, 0.2) is 0 Å². The van der Waals surface area contributed by atoms with Crippen LogP contribution >= 0.6 is 0 Å². The monoisotopic (exact) mass is 760 g/mol. The van der Waals surface area contributed by atoms with Crippen molar-refractivity contribution in [1.29, 1.82) is 0 Å². The fourth-order valence-electron chi connectivity index (χ4n) is 6.18. The van der Waals surface area contributed by atoms with Crippen molar-refractivity contribution in [2.24, 2.45) is 6.98 Å². The van der Waals surface area contributed by atoms with Crippen LogP contribution in [0.1, 0.15) is 35.5 Å². The zero-order valence-corrected chi connectivity index (χ0v) is 26.7. The number of rotatable bonds is 4. The third kappa shape index (κ3) is 4.27. The first-order chi connectivity index (χ1) is 22.5. The molecule has 222 valence electrons. The van der Waals surface area contributed by atoms with Crippen molar-refractivity contribution in [2.75, 3.05) is 6.61 Å². The van der Waals surface area contributed by atoms with Gasteiger partial charge >= 0.3 is 198 Å². The van der Waals surface area contributed by atoms with Crippen molar-refractivity contribution >= 4 is 32.8 Å². The van der Waals surface area contributed by atoms with Gasteiger partial charge in [-0.3, -0.25) is 0 Å². The van der Waals surface area contributed by atoms with E-state index in [9.17, 15) is 0 Å². The van der Waals surface area contributed by atoms with Gasteiger partial charge in [0.25, 0.3) is 0 Å². The molecule has 0 bridgehead atoms. The number of imidazole rings is 1. The van der Waals surface area contributed by atoms with E-state index in [1.54, 1.807) is 0 Å². The molecule has 0 spiro atoms. The van der Waals surface area contributed by atoms with Crippen molar-refractivity contribution in [3.8, 4) is 28.8 Å². The first-order valence-corrected chi connectivity index (χ1v) is 15.6. The van der Waals surface area contributed by atoms with E-state index in [4.69, 9.17) is 18.6 Å². The first-order valence-electron chi connectivity index (χ1n) is 16.0. The number of aryl methyl sites for hydroxylation is 2. The normalized spacial score (nSPS) is 15.5. The zero-order valence-electron chi connectivity index (χ0n) is 27.4. The van der Waals surface area contributed by atoms with Gasteiger partial charge < -0.3 is 4.74 Å². The Labute approximate surface area is 270 Å². The molecule has 3 aromatic heterocycles. The summed E-state index contributed by atoms with van der Waals surface area (Å²) in [5.74, 6) is 2.70. The molecule has 8 rings (SSSR count). The summed E-state index contributed by atoms with van der Waals surface area (Å²) in [5.41, 5.74) is 6.18. The van der Waals surface area contributed by atoms with Crippen LogP contribution in [0.4, 0.5) is 0 Å². The maximum absolute atomic E-state index is 8.15. The number of fused-ring (bicyclic) bond motifs is 5. The summed E-state index contributed by atoms with van der Waals surface area (Å²) < 4.78 is 43.0. The predicted octanol–water partition coefficient (Wildman–Crippen LogP) is 8.30. The Bertz CT molecular complexity index is 2440. The van der Waals surface area contributed by atoms with Gasteiger partial charge in [0.1, 0.15) is 5.75 Å². The number of ether oxygens (including phenoxy) is 2. The number of pyridine rings is 1. The van der Waals surface area contributed by atoms with Gasteiger partial charge in [-0.05, 0) is 36.0 Å². The van der Waals surface area contributed by atoms with E-state index in [0.29, 0.717) is 33.1 Å². The maximum atomic E-state index is 8.15. The molecule has 0 saturated heterocycles. The van der Waals surface area contributed by atoms with E-state index in [-0.39, 0.29) is 5.41 Å². The third-order valence-corrected chi connectivity index (χ3v) is 9.53. The molecule has 0 atom stereocenters. The van der Waals surface area contributed by atoms with Crippen LogP contribution in [0.5, 0.6) is 17.2 Å².